The molecule has 0 aliphatic carbocycles. The van der Waals surface area contributed by atoms with Gasteiger partial charge in [0.1, 0.15) is 5.02 Å². The number of ether oxygens (including phenoxy) is 1. The van der Waals surface area contributed by atoms with E-state index in [1.165, 1.54) is 0 Å². The van der Waals surface area contributed by atoms with E-state index in [0.29, 0.717) is 17.2 Å². The van der Waals surface area contributed by atoms with Crippen molar-refractivity contribution in [3.8, 4) is 5.75 Å². The van der Waals surface area contributed by atoms with Crippen LogP contribution in [-0.4, -0.2) is 5.97 Å². The monoisotopic (exact) mass is 218 g/mol. The first-order valence-electron chi connectivity index (χ1n) is 3.80. The summed E-state index contributed by atoms with van der Waals surface area (Å²) in [4.78, 5) is 10.9. The van der Waals surface area contributed by atoms with Crippen LogP contribution in [0.4, 0.5) is 0 Å². The minimum atomic E-state index is -0.329. The number of carbonyl (C=O) groups excluding carboxylic acids is 1. The molecule has 4 heteroatoms. The smallest absolute Gasteiger partial charge is 0.310 e. The third-order valence-electron chi connectivity index (χ3n) is 1.43. The van der Waals surface area contributed by atoms with Crippen LogP contribution in [0, 0.1) is 0 Å². The number of esters is 1. The molecule has 0 bridgehead atoms. The van der Waals surface area contributed by atoms with Gasteiger partial charge in [-0.05, 0) is 12.1 Å². The summed E-state index contributed by atoms with van der Waals surface area (Å²) in [5.41, 5.74) is 0. The van der Waals surface area contributed by atoms with Gasteiger partial charge in [-0.2, -0.15) is 0 Å². The Hall–Kier alpha value is -0.730. The normalized spacial score (nSPS) is 9.77. The number of carbonyl (C=O) groups is 1. The van der Waals surface area contributed by atoms with Crippen LogP contribution < -0.4 is 4.74 Å². The van der Waals surface area contributed by atoms with Gasteiger partial charge in [0, 0.05) is 6.42 Å². The third-order valence-corrected chi connectivity index (χ3v) is 2.23. The highest BCUT2D eigenvalue weighted by Crippen LogP contribution is 2.31. The lowest BCUT2D eigenvalue weighted by atomic mass is 10.3. The summed E-state index contributed by atoms with van der Waals surface area (Å²) in [6.45, 7) is 1.71. The molecular weight excluding hydrogens is 211 g/mol. The van der Waals surface area contributed by atoms with Gasteiger partial charge in [-0.15, -0.1) is 0 Å². The first-order valence-corrected chi connectivity index (χ1v) is 4.55. The van der Waals surface area contributed by atoms with Gasteiger partial charge in [0.05, 0.1) is 5.02 Å². The molecule has 0 aliphatic heterocycles. The molecule has 70 valence electrons. The van der Waals surface area contributed by atoms with Crippen molar-refractivity contribution in [2.45, 2.75) is 13.3 Å². The van der Waals surface area contributed by atoms with Crippen LogP contribution in [0.5, 0.6) is 5.75 Å². The molecular formula is C9H8Cl2O2. The van der Waals surface area contributed by atoms with Gasteiger partial charge in [-0.25, -0.2) is 0 Å². The van der Waals surface area contributed by atoms with Crippen LogP contribution in [0.3, 0.4) is 0 Å². The molecule has 1 aromatic rings. The topological polar surface area (TPSA) is 26.3 Å². The molecule has 1 aromatic carbocycles. The molecule has 0 unspecified atom stereocenters. The Labute approximate surface area is 86.4 Å². The summed E-state index contributed by atoms with van der Waals surface area (Å²) in [7, 11) is 0. The number of rotatable bonds is 2. The fourth-order valence-electron chi connectivity index (χ4n) is 0.758. The van der Waals surface area contributed by atoms with Crippen molar-refractivity contribution in [3.05, 3.63) is 28.2 Å². The molecule has 0 radical (unpaired) electrons. The Bertz CT molecular complexity index is 323. The molecule has 0 fully saturated rings. The highest BCUT2D eigenvalue weighted by molar-refractivity contribution is 6.43. The molecule has 0 N–H and O–H groups in total. The van der Waals surface area contributed by atoms with Crippen molar-refractivity contribution < 1.29 is 9.53 Å². The quantitative estimate of drug-likeness (QED) is 0.563. The molecule has 0 spiro atoms. The highest BCUT2D eigenvalue weighted by Gasteiger charge is 2.08. The summed E-state index contributed by atoms with van der Waals surface area (Å²) >= 11 is 11.5. The van der Waals surface area contributed by atoms with Crippen LogP contribution in [0.1, 0.15) is 13.3 Å². The molecule has 0 aromatic heterocycles. The summed E-state index contributed by atoms with van der Waals surface area (Å²) in [5.74, 6) is -0.0230. The fraction of sp³-hybridized carbons (Fsp3) is 0.222. The van der Waals surface area contributed by atoms with Crippen molar-refractivity contribution in [1.82, 2.24) is 0 Å². The Morgan fingerprint density at radius 2 is 2.15 bits per heavy atom. The fourth-order valence-corrected chi connectivity index (χ4v) is 1.09. The average Bonchev–Trinajstić information content (AvgIpc) is 2.13. The number of hydrogen-bond donors (Lipinski definition) is 0. The van der Waals surface area contributed by atoms with E-state index in [1.54, 1.807) is 25.1 Å². The molecule has 13 heavy (non-hydrogen) atoms. The first kappa shape index (κ1) is 10.4. The van der Waals surface area contributed by atoms with E-state index in [4.69, 9.17) is 27.9 Å². The Balaban J connectivity index is 2.89. The highest BCUT2D eigenvalue weighted by atomic mass is 35.5. The van der Waals surface area contributed by atoms with E-state index >= 15 is 0 Å². The van der Waals surface area contributed by atoms with Crippen molar-refractivity contribution >= 4 is 29.2 Å². The van der Waals surface area contributed by atoms with E-state index < -0.39 is 0 Å². The summed E-state index contributed by atoms with van der Waals surface area (Å²) in [5, 5.41) is 0.647. The lowest BCUT2D eigenvalue weighted by Gasteiger charge is -2.05. The zero-order chi connectivity index (χ0) is 9.84. The maximum absolute atomic E-state index is 10.9. The van der Waals surface area contributed by atoms with Gasteiger partial charge >= 0.3 is 5.97 Å². The maximum Gasteiger partial charge on any atom is 0.310 e. The van der Waals surface area contributed by atoms with Gasteiger partial charge in [0.25, 0.3) is 0 Å². The summed E-state index contributed by atoms with van der Waals surface area (Å²) in [6, 6.07) is 4.90. The minimum Gasteiger partial charge on any atom is -0.425 e. The summed E-state index contributed by atoms with van der Waals surface area (Å²) < 4.78 is 4.92. The Morgan fingerprint density at radius 3 is 2.77 bits per heavy atom. The number of hydrogen-bond acceptors (Lipinski definition) is 2. The molecule has 2 nitrogen and oxygen atoms in total. The van der Waals surface area contributed by atoms with E-state index in [2.05, 4.69) is 0 Å². The maximum atomic E-state index is 10.9. The van der Waals surface area contributed by atoms with E-state index in [-0.39, 0.29) is 11.0 Å². The largest absolute Gasteiger partial charge is 0.425 e. The van der Waals surface area contributed by atoms with Gasteiger partial charge in [-0.3, -0.25) is 4.79 Å². The van der Waals surface area contributed by atoms with Gasteiger partial charge < -0.3 is 4.74 Å². The Kier molecular flexibility index (Phi) is 3.58. The van der Waals surface area contributed by atoms with Crippen LogP contribution >= 0.6 is 23.2 Å². The second-order valence-electron chi connectivity index (χ2n) is 2.38. The van der Waals surface area contributed by atoms with Crippen molar-refractivity contribution in [2.75, 3.05) is 0 Å². The van der Waals surface area contributed by atoms with Crippen LogP contribution in [0.2, 0.25) is 10.0 Å². The van der Waals surface area contributed by atoms with Crippen LogP contribution in [0.25, 0.3) is 0 Å². The minimum absolute atomic E-state index is 0.269. The zero-order valence-corrected chi connectivity index (χ0v) is 8.52. The SMILES string of the molecule is CCC(=O)Oc1cccc(Cl)c1Cl. The van der Waals surface area contributed by atoms with Crippen molar-refractivity contribution in [1.29, 1.82) is 0 Å². The van der Waals surface area contributed by atoms with E-state index in [1.807, 2.05) is 0 Å². The van der Waals surface area contributed by atoms with Crippen LogP contribution in [0.15, 0.2) is 18.2 Å². The molecule has 0 atom stereocenters. The standard InChI is InChI=1S/C9H8Cl2O2/c1-2-8(12)13-7-5-3-4-6(10)9(7)11/h3-5H,2H2,1H3. The zero-order valence-electron chi connectivity index (χ0n) is 7.01. The molecule has 0 saturated carbocycles. The molecule has 0 amide bonds. The lowest BCUT2D eigenvalue weighted by molar-refractivity contribution is -0.134. The van der Waals surface area contributed by atoms with Crippen molar-refractivity contribution in [3.63, 3.8) is 0 Å². The predicted molar refractivity (Wildman–Crippen MR) is 52.4 cm³/mol. The second kappa shape index (κ2) is 4.49. The third kappa shape index (κ3) is 2.61. The van der Waals surface area contributed by atoms with E-state index in [0.717, 1.165) is 0 Å². The van der Waals surface area contributed by atoms with Crippen LogP contribution in [-0.2, 0) is 4.79 Å². The van der Waals surface area contributed by atoms with Gasteiger partial charge in [-0.1, -0.05) is 36.2 Å². The van der Waals surface area contributed by atoms with Crippen molar-refractivity contribution in [2.24, 2.45) is 0 Å². The van der Waals surface area contributed by atoms with Gasteiger partial charge in [0.15, 0.2) is 5.75 Å². The predicted octanol–water partition coefficient (Wildman–Crippen LogP) is 3.31. The molecule has 0 saturated heterocycles. The molecule has 0 aliphatic rings. The first-order chi connectivity index (χ1) is 6.15. The second-order valence-corrected chi connectivity index (χ2v) is 3.16. The molecule has 1 rings (SSSR count). The Morgan fingerprint density at radius 1 is 1.46 bits per heavy atom. The molecule has 0 heterocycles. The average molecular weight is 219 g/mol. The number of benzene rings is 1. The van der Waals surface area contributed by atoms with Gasteiger partial charge in [0.2, 0.25) is 0 Å². The summed E-state index contributed by atoms with van der Waals surface area (Å²) in [6.07, 6.45) is 0.308. The van der Waals surface area contributed by atoms with E-state index in [9.17, 15) is 4.79 Å². The number of halogens is 2. The lowest BCUT2D eigenvalue weighted by Crippen LogP contribution is -2.05.